The van der Waals surface area contributed by atoms with Crippen LogP contribution in [-0.2, 0) is 6.54 Å². The highest BCUT2D eigenvalue weighted by molar-refractivity contribution is 5.83. The predicted octanol–water partition coefficient (Wildman–Crippen LogP) is 2.61. The summed E-state index contributed by atoms with van der Waals surface area (Å²) in [6.45, 7) is 2.75. The smallest absolute Gasteiger partial charge is 0.312 e. The number of benzene rings is 2. The van der Waals surface area contributed by atoms with Crippen molar-refractivity contribution in [1.82, 2.24) is 10.2 Å². The SMILES string of the molecule is NC(=O)NC1CCN(Cc2ccc3cc(F)ccc3c2)CC1. The van der Waals surface area contributed by atoms with Crippen LogP contribution in [0.4, 0.5) is 9.18 Å². The number of hydrogen-bond donors (Lipinski definition) is 2. The summed E-state index contributed by atoms with van der Waals surface area (Å²) < 4.78 is 13.2. The fourth-order valence-electron chi connectivity index (χ4n) is 3.06. The molecule has 1 aliphatic heterocycles. The Kier molecular flexibility index (Phi) is 4.24. The number of nitrogens with two attached hydrogens (primary N) is 1. The van der Waals surface area contributed by atoms with E-state index in [2.05, 4.69) is 22.3 Å². The maximum atomic E-state index is 13.2. The number of primary amides is 1. The van der Waals surface area contributed by atoms with E-state index in [1.807, 2.05) is 12.1 Å². The summed E-state index contributed by atoms with van der Waals surface area (Å²) in [5, 5.41) is 4.76. The molecule has 5 heteroatoms. The van der Waals surface area contributed by atoms with Gasteiger partial charge in [-0.3, -0.25) is 4.90 Å². The van der Waals surface area contributed by atoms with E-state index in [-0.39, 0.29) is 11.9 Å². The largest absolute Gasteiger partial charge is 0.352 e. The first kappa shape index (κ1) is 14.8. The third-order valence-electron chi connectivity index (χ3n) is 4.21. The van der Waals surface area contributed by atoms with Crippen LogP contribution < -0.4 is 11.1 Å². The normalized spacial score (nSPS) is 16.8. The first-order valence-electron chi connectivity index (χ1n) is 7.57. The number of halogens is 1. The molecule has 116 valence electrons. The maximum absolute atomic E-state index is 13.2. The second kappa shape index (κ2) is 6.32. The molecule has 2 amide bonds. The van der Waals surface area contributed by atoms with Crippen LogP contribution in [0.5, 0.6) is 0 Å². The summed E-state index contributed by atoms with van der Waals surface area (Å²) in [4.78, 5) is 13.2. The Morgan fingerprint density at radius 3 is 2.59 bits per heavy atom. The number of urea groups is 1. The predicted molar refractivity (Wildman–Crippen MR) is 84.9 cm³/mol. The van der Waals surface area contributed by atoms with Crippen molar-refractivity contribution in [2.75, 3.05) is 13.1 Å². The van der Waals surface area contributed by atoms with Crippen molar-refractivity contribution >= 4 is 16.8 Å². The number of fused-ring (bicyclic) bond motifs is 1. The number of carbonyl (C=O) groups is 1. The molecule has 0 bridgehead atoms. The Hall–Kier alpha value is -2.14. The third kappa shape index (κ3) is 3.54. The van der Waals surface area contributed by atoms with Crippen molar-refractivity contribution in [2.45, 2.75) is 25.4 Å². The molecule has 0 spiro atoms. The molecule has 3 N–H and O–H groups in total. The highest BCUT2D eigenvalue weighted by Gasteiger charge is 2.19. The first-order chi connectivity index (χ1) is 10.6. The summed E-state index contributed by atoms with van der Waals surface area (Å²) in [6.07, 6.45) is 1.84. The zero-order valence-corrected chi connectivity index (χ0v) is 12.4. The molecule has 0 radical (unpaired) electrons. The van der Waals surface area contributed by atoms with Crippen LogP contribution in [0, 0.1) is 5.82 Å². The van der Waals surface area contributed by atoms with E-state index in [4.69, 9.17) is 5.73 Å². The van der Waals surface area contributed by atoms with Crippen molar-refractivity contribution in [3.63, 3.8) is 0 Å². The molecule has 0 saturated carbocycles. The molecule has 0 unspecified atom stereocenters. The van der Waals surface area contributed by atoms with Gasteiger partial charge in [0.1, 0.15) is 5.82 Å². The molecule has 1 heterocycles. The lowest BCUT2D eigenvalue weighted by Crippen LogP contribution is -2.46. The molecule has 2 aromatic rings. The quantitative estimate of drug-likeness (QED) is 0.915. The van der Waals surface area contributed by atoms with E-state index in [1.54, 1.807) is 6.07 Å². The van der Waals surface area contributed by atoms with Gasteiger partial charge in [-0.15, -0.1) is 0 Å². The Morgan fingerprint density at radius 1 is 1.18 bits per heavy atom. The summed E-state index contributed by atoms with van der Waals surface area (Å²) in [7, 11) is 0. The van der Waals surface area contributed by atoms with E-state index in [1.165, 1.54) is 11.6 Å². The van der Waals surface area contributed by atoms with Crippen LogP contribution >= 0.6 is 0 Å². The molecule has 0 aromatic heterocycles. The summed E-state index contributed by atoms with van der Waals surface area (Å²) in [5.74, 6) is -0.204. The Morgan fingerprint density at radius 2 is 1.86 bits per heavy atom. The van der Waals surface area contributed by atoms with E-state index in [0.29, 0.717) is 0 Å². The lowest BCUT2D eigenvalue weighted by Gasteiger charge is -2.32. The average molecular weight is 301 g/mol. The number of piperidine rings is 1. The minimum absolute atomic E-state index is 0.188. The number of hydrogen-bond acceptors (Lipinski definition) is 2. The van der Waals surface area contributed by atoms with Crippen molar-refractivity contribution in [2.24, 2.45) is 5.73 Å². The minimum Gasteiger partial charge on any atom is -0.352 e. The molecule has 4 nitrogen and oxygen atoms in total. The van der Waals surface area contributed by atoms with Gasteiger partial charge in [-0.2, -0.15) is 0 Å². The van der Waals surface area contributed by atoms with Crippen LogP contribution in [0.2, 0.25) is 0 Å². The van der Waals surface area contributed by atoms with Gasteiger partial charge in [0.2, 0.25) is 0 Å². The number of nitrogens with zero attached hydrogens (tertiary/aromatic N) is 1. The summed E-state index contributed by atoms with van der Waals surface area (Å²) in [6, 6.07) is 10.7. The second-order valence-electron chi connectivity index (χ2n) is 5.88. The average Bonchev–Trinajstić information content (AvgIpc) is 2.49. The number of likely N-dealkylation sites (tertiary alicyclic amines) is 1. The van der Waals surface area contributed by atoms with Crippen LogP contribution in [0.15, 0.2) is 36.4 Å². The topological polar surface area (TPSA) is 58.4 Å². The van der Waals surface area contributed by atoms with Crippen molar-refractivity contribution < 1.29 is 9.18 Å². The molecule has 1 fully saturated rings. The molecule has 3 rings (SSSR count). The van der Waals surface area contributed by atoms with Crippen molar-refractivity contribution in [3.05, 3.63) is 47.8 Å². The monoisotopic (exact) mass is 301 g/mol. The third-order valence-corrected chi connectivity index (χ3v) is 4.21. The van der Waals surface area contributed by atoms with Gasteiger partial charge in [0.25, 0.3) is 0 Å². The molecule has 0 atom stereocenters. The van der Waals surface area contributed by atoms with Gasteiger partial charge in [0, 0.05) is 25.7 Å². The van der Waals surface area contributed by atoms with Crippen LogP contribution in [0.25, 0.3) is 10.8 Å². The fourth-order valence-corrected chi connectivity index (χ4v) is 3.06. The Balaban J connectivity index is 1.62. The standard InChI is InChI=1S/C17H20FN3O/c18-15-4-3-13-9-12(1-2-14(13)10-15)11-21-7-5-16(6-8-21)20-17(19)22/h1-4,9-10,16H,5-8,11H2,(H3,19,20,22). The zero-order valence-electron chi connectivity index (χ0n) is 12.4. The molecule has 22 heavy (non-hydrogen) atoms. The summed E-state index contributed by atoms with van der Waals surface area (Å²) in [5.41, 5.74) is 6.38. The Labute approximate surface area is 129 Å². The van der Waals surface area contributed by atoms with Crippen LogP contribution in [0.3, 0.4) is 0 Å². The van der Waals surface area contributed by atoms with Gasteiger partial charge < -0.3 is 11.1 Å². The second-order valence-corrected chi connectivity index (χ2v) is 5.88. The van der Waals surface area contributed by atoms with Crippen molar-refractivity contribution in [1.29, 1.82) is 0 Å². The molecule has 1 aliphatic rings. The zero-order chi connectivity index (χ0) is 15.5. The van der Waals surface area contributed by atoms with Gasteiger partial charge in [-0.25, -0.2) is 9.18 Å². The van der Waals surface area contributed by atoms with Crippen LogP contribution in [0.1, 0.15) is 18.4 Å². The van der Waals surface area contributed by atoms with E-state index < -0.39 is 6.03 Å². The first-order valence-corrected chi connectivity index (χ1v) is 7.57. The van der Waals surface area contributed by atoms with Gasteiger partial charge in [0.15, 0.2) is 0 Å². The van der Waals surface area contributed by atoms with Gasteiger partial charge in [-0.05, 0) is 47.4 Å². The van der Waals surface area contributed by atoms with Crippen LogP contribution in [-0.4, -0.2) is 30.1 Å². The minimum atomic E-state index is -0.444. The number of carbonyl (C=O) groups excluding carboxylic acids is 1. The van der Waals surface area contributed by atoms with E-state index >= 15 is 0 Å². The molecular formula is C17H20FN3O. The molecule has 0 aliphatic carbocycles. The lowest BCUT2D eigenvalue weighted by molar-refractivity contribution is 0.189. The molecule has 1 saturated heterocycles. The lowest BCUT2D eigenvalue weighted by atomic mass is 10.0. The van der Waals surface area contributed by atoms with Gasteiger partial charge in [-0.1, -0.05) is 18.2 Å². The maximum Gasteiger partial charge on any atom is 0.312 e. The molecular weight excluding hydrogens is 281 g/mol. The molecule has 2 aromatic carbocycles. The van der Waals surface area contributed by atoms with Gasteiger partial charge >= 0.3 is 6.03 Å². The fraction of sp³-hybridized carbons (Fsp3) is 0.353. The van der Waals surface area contributed by atoms with E-state index in [0.717, 1.165) is 43.2 Å². The van der Waals surface area contributed by atoms with Crippen molar-refractivity contribution in [3.8, 4) is 0 Å². The highest BCUT2D eigenvalue weighted by Crippen LogP contribution is 2.20. The Bertz CT molecular complexity index is 681. The number of nitrogens with one attached hydrogen (secondary N) is 1. The van der Waals surface area contributed by atoms with Gasteiger partial charge in [0.05, 0.1) is 0 Å². The number of rotatable bonds is 3. The number of amides is 2. The highest BCUT2D eigenvalue weighted by atomic mass is 19.1. The summed E-state index contributed by atoms with van der Waals surface area (Å²) >= 11 is 0. The van der Waals surface area contributed by atoms with E-state index in [9.17, 15) is 9.18 Å².